The molecular weight excluding hydrogens is 432 g/mol. The Balaban J connectivity index is 1.42. The van der Waals surface area contributed by atoms with Gasteiger partial charge in [-0.2, -0.15) is 15.1 Å². The molecule has 1 aliphatic rings. The van der Waals surface area contributed by atoms with Gasteiger partial charge in [0.15, 0.2) is 16.6 Å². The first-order valence-corrected chi connectivity index (χ1v) is 12.4. The SMILES string of the molecule is CCc1nc(-n2nc(C)cc2C)nc2nc(N3CCC[C@@H]3C(=O)CCc3ccccc3)sc12. The van der Waals surface area contributed by atoms with Crippen molar-refractivity contribution in [3.05, 3.63) is 59.0 Å². The molecule has 1 atom stereocenters. The summed E-state index contributed by atoms with van der Waals surface area (Å²) in [7, 11) is 0. The smallest absolute Gasteiger partial charge is 0.253 e. The van der Waals surface area contributed by atoms with E-state index in [4.69, 9.17) is 15.0 Å². The summed E-state index contributed by atoms with van der Waals surface area (Å²) in [5, 5.41) is 5.41. The van der Waals surface area contributed by atoms with Gasteiger partial charge < -0.3 is 4.90 Å². The second-order valence-corrected chi connectivity index (χ2v) is 9.59. The fraction of sp³-hybridized carbons (Fsp3) is 0.400. The van der Waals surface area contributed by atoms with E-state index in [-0.39, 0.29) is 6.04 Å². The number of hydrogen-bond acceptors (Lipinski definition) is 7. The molecule has 1 saturated heterocycles. The quantitative estimate of drug-likeness (QED) is 0.400. The Labute approximate surface area is 197 Å². The highest BCUT2D eigenvalue weighted by Gasteiger charge is 2.32. The molecule has 0 aliphatic carbocycles. The third kappa shape index (κ3) is 4.27. The van der Waals surface area contributed by atoms with E-state index in [1.165, 1.54) is 5.56 Å². The maximum Gasteiger partial charge on any atom is 0.253 e. The van der Waals surface area contributed by atoms with E-state index < -0.39 is 0 Å². The van der Waals surface area contributed by atoms with E-state index in [1.807, 2.05) is 38.1 Å². The number of benzene rings is 1. The van der Waals surface area contributed by atoms with Crippen molar-refractivity contribution in [2.75, 3.05) is 11.4 Å². The van der Waals surface area contributed by atoms with Crippen molar-refractivity contribution < 1.29 is 4.79 Å². The van der Waals surface area contributed by atoms with E-state index in [2.05, 4.69) is 29.1 Å². The van der Waals surface area contributed by atoms with Gasteiger partial charge in [0.25, 0.3) is 5.95 Å². The summed E-state index contributed by atoms with van der Waals surface area (Å²) in [5.41, 5.74) is 4.79. The molecule has 170 valence electrons. The number of nitrogens with zero attached hydrogens (tertiary/aromatic N) is 6. The first-order valence-electron chi connectivity index (χ1n) is 11.6. The van der Waals surface area contributed by atoms with Gasteiger partial charge in [0, 0.05) is 18.7 Å². The van der Waals surface area contributed by atoms with Crippen LogP contribution >= 0.6 is 11.3 Å². The number of anilines is 1. The molecule has 0 bridgehead atoms. The number of carbonyl (C=O) groups excluding carboxylic acids is 1. The Morgan fingerprint density at radius 1 is 1.15 bits per heavy atom. The van der Waals surface area contributed by atoms with Crippen LogP contribution in [-0.4, -0.2) is 43.1 Å². The summed E-state index contributed by atoms with van der Waals surface area (Å²) in [5.74, 6) is 0.847. The molecular formula is C25H28N6OS. The van der Waals surface area contributed by atoms with E-state index in [1.54, 1.807) is 16.0 Å². The van der Waals surface area contributed by atoms with Crippen LogP contribution in [0.5, 0.6) is 0 Å². The predicted octanol–water partition coefficient (Wildman–Crippen LogP) is 4.62. The summed E-state index contributed by atoms with van der Waals surface area (Å²) < 4.78 is 2.78. The van der Waals surface area contributed by atoms with Gasteiger partial charge >= 0.3 is 0 Å². The van der Waals surface area contributed by atoms with Gasteiger partial charge in [0.05, 0.1) is 22.1 Å². The first-order chi connectivity index (χ1) is 16.0. The Morgan fingerprint density at radius 2 is 1.97 bits per heavy atom. The Hall–Kier alpha value is -3.13. The van der Waals surface area contributed by atoms with Crippen LogP contribution in [0.3, 0.4) is 0 Å². The lowest BCUT2D eigenvalue weighted by Gasteiger charge is -2.22. The summed E-state index contributed by atoms with van der Waals surface area (Å²) >= 11 is 1.60. The van der Waals surface area contributed by atoms with Crippen molar-refractivity contribution in [3.63, 3.8) is 0 Å². The molecule has 5 rings (SSSR count). The minimum Gasteiger partial charge on any atom is -0.338 e. The lowest BCUT2D eigenvalue weighted by atomic mass is 10.0. The maximum absolute atomic E-state index is 13.1. The molecule has 0 saturated carbocycles. The van der Waals surface area contributed by atoms with Crippen LogP contribution in [-0.2, 0) is 17.6 Å². The van der Waals surface area contributed by atoms with Crippen molar-refractivity contribution in [2.45, 2.75) is 58.9 Å². The molecule has 0 radical (unpaired) electrons. The van der Waals surface area contributed by atoms with Crippen molar-refractivity contribution in [1.29, 1.82) is 0 Å². The number of hydrogen-bond donors (Lipinski definition) is 0. The molecule has 0 N–H and O–H groups in total. The monoisotopic (exact) mass is 460 g/mol. The lowest BCUT2D eigenvalue weighted by molar-refractivity contribution is -0.120. The van der Waals surface area contributed by atoms with Gasteiger partial charge in [-0.3, -0.25) is 4.79 Å². The maximum atomic E-state index is 13.1. The number of aryl methyl sites for hydroxylation is 4. The van der Waals surface area contributed by atoms with Gasteiger partial charge in [-0.25, -0.2) is 9.67 Å². The summed E-state index contributed by atoms with van der Waals surface area (Å²) in [6, 6.07) is 12.1. The molecule has 0 spiro atoms. The molecule has 0 unspecified atom stereocenters. The normalized spacial score (nSPS) is 16.1. The highest BCUT2D eigenvalue weighted by molar-refractivity contribution is 7.22. The van der Waals surface area contributed by atoms with Crippen molar-refractivity contribution in [3.8, 4) is 5.95 Å². The lowest BCUT2D eigenvalue weighted by Crippen LogP contribution is -2.36. The minimum absolute atomic E-state index is 0.109. The van der Waals surface area contributed by atoms with Gasteiger partial charge in [-0.05, 0) is 51.2 Å². The fourth-order valence-corrected chi connectivity index (χ4v) is 5.69. The number of fused-ring (bicyclic) bond motifs is 1. The summed E-state index contributed by atoms with van der Waals surface area (Å²) in [6.07, 6.45) is 4.00. The highest BCUT2D eigenvalue weighted by Crippen LogP contribution is 2.35. The largest absolute Gasteiger partial charge is 0.338 e. The second kappa shape index (κ2) is 9.02. The number of rotatable bonds is 7. The zero-order valence-electron chi connectivity index (χ0n) is 19.3. The van der Waals surface area contributed by atoms with Crippen LogP contribution in [0.15, 0.2) is 36.4 Å². The molecule has 33 heavy (non-hydrogen) atoms. The number of carbonyl (C=O) groups is 1. The molecule has 1 aromatic carbocycles. The standard InChI is InChI=1S/C25H28N6OS/c1-4-19-22-23(27-24(26-19)31-17(3)15-16(2)29-31)28-25(33-22)30-14-8-11-20(30)21(32)13-12-18-9-6-5-7-10-18/h5-7,9-10,15,20H,4,8,11-14H2,1-3H3/t20-/m1/s1. The zero-order chi connectivity index (χ0) is 22.9. The fourth-order valence-electron chi connectivity index (χ4n) is 4.55. The Morgan fingerprint density at radius 3 is 2.70 bits per heavy atom. The van der Waals surface area contributed by atoms with Crippen LogP contribution < -0.4 is 4.90 Å². The number of thiazole rings is 1. The van der Waals surface area contributed by atoms with Gasteiger partial charge in [0.1, 0.15) is 0 Å². The predicted molar refractivity (Wildman–Crippen MR) is 131 cm³/mol. The third-order valence-corrected chi connectivity index (χ3v) is 7.34. The first kappa shape index (κ1) is 21.7. The highest BCUT2D eigenvalue weighted by atomic mass is 32.1. The average molecular weight is 461 g/mol. The van der Waals surface area contributed by atoms with Gasteiger partial charge in [-0.15, -0.1) is 0 Å². The third-order valence-electron chi connectivity index (χ3n) is 6.21. The van der Waals surface area contributed by atoms with Crippen LogP contribution in [0.1, 0.15) is 48.8 Å². The van der Waals surface area contributed by atoms with Crippen molar-refractivity contribution in [1.82, 2.24) is 24.7 Å². The van der Waals surface area contributed by atoms with Crippen LogP contribution in [0.25, 0.3) is 16.3 Å². The van der Waals surface area contributed by atoms with E-state index >= 15 is 0 Å². The number of aromatic nitrogens is 5. The second-order valence-electron chi connectivity index (χ2n) is 8.62. The number of Topliss-reactive ketones (excluding diaryl/α,β-unsaturated/α-hetero) is 1. The minimum atomic E-state index is -0.109. The molecule has 0 amide bonds. The van der Waals surface area contributed by atoms with Crippen LogP contribution in [0.2, 0.25) is 0 Å². The molecule has 4 aromatic rings. The molecule has 1 aliphatic heterocycles. The number of ketones is 1. The van der Waals surface area contributed by atoms with Crippen molar-refractivity contribution in [2.24, 2.45) is 0 Å². The topological polar surface area (TPSA) is 76.8 Å². The van der Waals surface area contributed by atoms with Gasteiger partial charge in [-0.1, -0.05) is 48.6 Å². The summed E-state index contributed by atoms with van der Waals surface area (Å²) in [4.78, 5) is 29.7. The summed E-state index contributed by atoms with van der Waals surface area (Å²) in [6.45, 7) is 6.91. The van der Waals surface area contributed by atoms with E-state index in [9.17, 15) is 4.79 Å². The van der Waals surface area contributed by atoms with Crippen molar-refractivity contribution >= 4 is 32.6 Å². The Kier molecular flexibility index (Phi) is 5.93. The molecule has 3 aromatic heterocycles. The molecule has 1 fully saturated rings. The van der Waals surface area contributed by atoms with E-state index in [0.717, 1.165) is 59.1 Å². The van der Waals surface area contributed by atoms with Crippen LogP contribution in [0.4, 0.5) is 5.13 Å². The Bertz CT molecular complexity index is 1300. The van der Waals surface area contributed by atoms with E-state index in [0.29, 0.717) is 23.8 Å². The van der Waals surface area contributed by atoms with Gasteiger partial charge in [0.2, 0.25) is 0 Å². The zero-order valence-corrected chi connectivity index (χ0v) is 20.1. The average Bonchev–Trinajstić information content (AvgIpc) is 3.55. The molecule has 8 heteroatoms. The van der Waals surface area contributed by atoms with Crippen LogP contribution in [0, 0.1) is 13.8 Å². The molecule has 4 heterocycles. The molecule has 7 nitrogen and oxygen atoms in total.